The highest BCUT2D eigenvalue weighted by Crippen LogP contribution is 2.29. The summed E-state index contributed by atoms with van der Waals surface area (Å²) in [4.78, 5) is 5.32. The van der Waals surface area contributed by atoms with Gasteiger partial charge in [0.1, 0.15) is 5.82 Å². The van der Waals surface area contributed by atoms with Crippen LogP contribution in [-0.4, -0.2) is 24.9 Å². The molecule has 0 aliphatic heterocycles. The maximum atomic E-state index is 13.9. The molecule has 1 aromatic carbocycles. The Hall–Kier alpha value is -2.23. The van der Waals surface area contributed by atoms with E-state index in [1.54, 1.807) is 11.3 Å². The monoisotopic (exact) mass is 421 g/mol. The Labute approximate surface area is 167 Å². The highest BCUT2D eigenvalue weighted by atomic mass is 35.5. The van der Waals surface area contributed by atoms with Crippen LogP contribution in [0.5, 0.6) is 0 Å². The number of hydrogen-bond acceptors (Lipinski definition) is 7. The van der Waals surface area contributed by atoms with E-state index >= 15 is 0 Å². The number of thioether (sulfide) groups is 1. The van der Waals surface area contributed by atoms with Gasteiger partial charge in [-0.1, -0.05) is 34.6 Å². The average Bonchev–Trinajstić information content (AvgIpc) is 3.41. The second-order valence-electron chi connectivity index (χ2n) is 5.45. The van der Waals surface area contributed by atoms with Gasteiger partial charge < -0.3 is 9.09 Å². The van der Waals surface area contributed by atoms with Crippen molar-refractivity contribution in [1.82, 2.24) is 24.9 Å². The molecule has 3 heterocycles. The molecule has 0 unspecified atom stereocenters. The Morgan fingerprint density at radius 2 is 2.19 bits per heavy atom. The van der Waals surface area contributed by atoms with Crippen molar-refractivity contribution in [3.05, 3.63) is 52.4 Å². The summed E-state index contributed by atoms with van der Waals surface area (Å²) >= 11 is 8.97. The van der Waals surface area contributed by atoms with E-state index in [1.807, 2.05) is 29.0 Å². The summed E-state index contributed by atoms with van der Waals surface area (Å²) in [6.07, 6.45) is 0. The van der Waals surface area contributed by atoms with E-state index in [9.17, 15) is 4.39 Å². The predicted molar refractivity (Wildman–Crippen MR) is 103 cm³/mol. The van der Waals surface area contributed by atoms with Crippen LogP contribution in [0.2, 0.25) is 5.02 Å². The molecular formula is C17H13ClFN5OS2. The quantitative estimate of drug-likeness (QED) is 0.400. The maximum absolute atomic E-state index is 13.9. The molecular weight excluding hydrogens is 409 g/mol. The molecule has 138 valence electrons. The average molecular weight is 422 g/mol. The number of halogens is 2. The third kappa shape index (κ3) is 3.76. The number of benzene rings is 1. The summed E-state index contributed by atoms with van der Waals surface area (Å²) in [7, 11) is 0. The van der Waals surface area contributed by atoms with Crippen molar-refractivity contribution in [2.45, 2.75) is 24.4 Å². The van der Waals surface area contributed by atoms with Crippen LogP contribution in [0.25, 0.3) is 22.1 Å². The molecule has 4 aromatic rings. The van der Waals surface area contributed by atoms with Crippen molar-refractivity contribution in [1.29, 1.82) is 0 Å². The smallest absolute Gasteiger partial charge is 0.237 e. The van der Waals surface area contributed by atoms with Gasteiger partial charge in [0, 0.05) is 11.6 Å². The molecule has 27 heavy (non-hydrogen) atoms. The first-order chi connectivity index (χ1) is 13.2. The van der Waals surface area contributed by atoms with Gasteiger partial charge in [-0.3, -0.25) is 0 Å². The molecule has 3 aromatic heterocycles. The van der Waals surface area contributed by atoms with Crippen molar-refractivity contribution in [2.24, 2.45) is 0 Å². The van der Waals surface area contributed by atoms with E-state index in [2.05, 4.69) is 20.3 Å². The predicted octanol–water partition coefficient (Wildman–Crippen LogP) is 5.16. The van der Waals surface area contributed by atoms with Gasteiger partial charge in [-0.25, -0.2) is 4.39 Å². The molecule has 0 fully saturated rings. The van der Waals surface area contributed by atoms with Crippen LogP contribution in [0.4, 0.5) is 4.39 Å². The summed E-state index contributed by atoms with van der Waals surface area (Å²) in [6.45, 7) is 2.78. The van der Waals surface area contributed by atoms with Crippen molar-refractivity contribution >= 4 is 34.7 Å². The molecule has 0 N–H and O–H groups in total. The fourth-order valence-electron chi connectivity index (χ4n) is 2.49. The van der Waals surface area contributed by atoms with E-state index in [0.29, 0.717) is 16.7 Å². The highest BCUT2D eigenvalue weighted by Gasteiger charge is 2.17. The Bertz CT molecular complexity index is 1060. The Morgan fingerprint density at radius 3 is 2.96 bits per heavy atom. The second-order valence-corrected chi connectivity index (χ2v) is 7.78. The zero-order chi connectivity index (χ0) is 18.8. The minimum Gasteiger partial charge on any atom is -0.338 e. The topological polar surface area (TPSA) is 69.6 Å². The fraction of sp³-hybridized carbons (Fsp3) is 0.176. The first kappa shape index (κ1) is 18.1. The van der Waals surface area contributed by atoms with Gasteiger partial charge in [-0.05, 0) is 36.6 Å². The van der Waals surface area contributed by atoms with Crippen LogP contribution in [0.15, 0.2) is 45.4 Å². The zero-order valence-corrected chi connectivity index (χ0v) is 16.5. The lowest BCUT2D eigenvalue weighted by molar-refractivity contribution is 0.391. The highest BCUT2D eigenvalue weighted by molar-refractivity contribution is 7.98. The van der Waals surface area contributed by atoms with E-state index in [1.165, 1.54) is 30.0 Å². The normalized spacial score (nSPS) is 11.2. The van der Waals surface area contributed by atoms with E-state index < -0.39 is 5.82 Å². The van der Waals surface area contributed by atoms with Gasteiger partial charge in [0.15, 0.2) is 11.0 Å². The lowest BCUT2D eigenvalue weighted by atomic mass is 10.2. The molecule has 0 saturated heterocycles. The second kappa shape index (κ2) is 7.79. The molecule has 0 radical (unpaired) electrons. The van der Waals surface area contributed by atoms with E-state index in [4.69, 9.17) is 16.1 Å². The molecule has 0 bridgehead atoms. The Kier molecular flexibility index (Phi) is 5.24. The van der Waals surface area contributed by atoms with Crippen LogP contribution >= 0.6 is 34.7 Å². The van der Waals surface area contributed by atoms with Gasteiger partial charge in [-0.2, -0.15) is 4.98 Å². The summed E-state index contributed by atoms with van der Waals surface area (Å²) in [5, 5.41) is 15.6. The van der Waals surface area contributed by atoms with Crippen molar-refractivity contribution < 1.29 is 8.91 Å². The van der Waals surface area contributed by atoms with Crippen LogP contribution in [0.1, 0.15) is 12.8 Å². The molecule has 0 aliphatic rings. The number of aromatic nitrogens is 5. The van der Waals surface area contributed by atoms with Crippen molar-refractivity contribution in [2.75, 3.05) is 0 Å². The number of nitrogens with zero attached hydrogens (tertiary/aromatic N) is 5. The first-order valence-electron chi connectivity index (χ1n) is 8.03. The summed E-state index contributed by atoms with van der Waals surface area (Å²) < 4.78 is 21.2. The lowest BCUT2D eigenvalue weighted by Gasteiger charge is -2.04. The van der Waals surface area contributed by atoms with Crippen LogP contribution in [-0.2, 0) is 12.3 Å². The first-order valence-corrected chi connectivity index (χ1v) is 10.3. The Morgan fingerprint density at radius 1 is 1.30 bits per heavy atom. The lowest BCUT2D eigenvalue weighted by Crippen LogP contribution is -1.99. The molecule has 0 amide bonds. The van der Waals surface area contributed by atoms with Gasteiger partial charge in [-0.15, -0.1) is 21.5 Å². The Balaban J connectivity index is 1.52. The van der Waals surface area contributed by atoms with Crippen LogP contribution in [0.3, 0.4) is 0 Å². The van der Waals surface area contributed by atoms with E-state index in [0.717, 1.165) is 22.4 Å². The minimum absolute atomic E-state index is 0.168. The number of rotatable bonds is 6. The molecule has 4 rings (SSSR count). The SMILES string of the molecule is CCn1c(SCc2nc(-c3cc(Cl)ccc3F)no2)nnc1-c1cccs1. The third-order valence-corrected chi connectivity index (χ3v) is 5.79. The van der Waals surface area contributed by atoms with Crippen LogP contribution in [0, 0.1) is 5.82 Å². The molecule has 0 atom stereocenters. The fourth-order valence-corrected chi connectivity index (χ4v) is 4.22. The molecule has 0 spiro atoms. The molecule has 0 saturated carbocycles. The molecule has 0 aliphatic carbocycles. The molecule has 6 nitrogen and oxygen atoms in total. The van der Waals surface area contributed by atoms with Crippen molar-refractivity contribution in [3.8, 4) is 22.1 Å². The third-order valence-electron chi connectivity index (χ3n) is 3.74. The van der Waals surface area contributed by atoms with E-state index in [-0.39, 0.29) is 11.4 Å². The van der Waals surface area contributed by atoms with Crippen molar-refractivity contribution in [3.63, 3.8) is 0 Å². The largest absolute Gasteiger partial charge is 0.338 e. The molecule has 10 heteroatoms. The number of hydrogen-bond donors (Lipinski definition) is 0. The summed E-state index contributed by atoms with van der Waals surface area (Å²) in [5.74, 6) is 1.32. The maximum Gasteiger partial charge on any atom is 0.237 e. The van der Waals surface area contributed by atoms with Gasteiger partial charge in [0.2, 0.25) is 11.7 Å². The van der Waals surface area contributed by atoms with Gasteiger partial charge >= 0.3 is 0 Å². The van der Waals surface area contributed by atoms with Gasteiger partial charge in [0.25, 0.3) is 0 Å². The standard InChI is InChI=1S/C17H13ClFN5OS2/c1-2-24-16(13-4-3-7-26-13)21-22-17(24)27-9-14-20-15(23-25-14)11-8-10(18)5-6-12(11)19/h3-8H,2,9H2,1H3. The minimum atomic E-state index is -0.453. The number of thiophene rings is 1. The zero-order valence-electron chi connectivity index (χ0n) is 14.1. The van der Waals surface area contributed by atoms with Crippen LogP contribution < -0.4 is 0 Å². The van der Waals surface area contributed by atoms with Gasteiger partial charge in [0.05, 0.1) is 16.2 Å². The summed E-state index contributed by atoms with van der Waals surface area (Å²) in [6, 6.07) is 8.22. The summed E-state index contributed by atoms with van der Waals surface area (Å²) in [5.41, 5.74) is 0.208.